The fraction of sp³-hybridized carbons (Fsp3) is 0.333. The maximum absolute atomic E-state index is 12.4. The number of hydrogen-bond donors (Lipinski definition) is 0. The number of rotatable bonds is 2. The van der Waals surface area contributed by atoms with Gasteiger partial charge in [0.05, 0.1) is 4.92 Å². The molecule has 0 saturated carbocycles. The van der Waals surface area contributed by atoms with Crippen molar-refractivity contribution < 1.29 is 18.1 Å². The topological polar surface area (TPSA) is 43.1 Å². The second-order valence-corrected chi connectivity index (χ2v) is 2.96. The zero-order valence-electron chi connectivity index (χ0n) is 7.84. The monoisotopic (exact) mass is 219 g/mol. The number of aryl methyl sites for hydroxylation is 1. The Morgan fingerprint density at radius 2 is 2.00 bits per heavy atom. The van der Waals surface area contributed by atoms with E-state index in [2.05, 4.69) is 0 Å². The first-order chi connectivity index (χ1) is 6.86. The lowest BCUT2D eigenvalue weighted by atomic mass is 10.1. The van der Waals surface area contributed by atoms with Crippen LogP contribution in [0, 0.1) is 10.1 Å². The molecule has 0 aliphatic heterocycles. The van der Waals surface area contributed by atoms with Gasteiger partial charge in [-0.15, -0.1) is 0 Å². The third-order valence-corrected chi connectivity index (χ3v) is 1.97. The van der Waals surface area contributed by atoms with Crippen LogP contribution in [0.4, 0.5) is 18.9 Å². The third kappa shape index (κ3) is 2.45. The second kappa shape index (κ2) is 3.88. The molecule has 0 aliphatic carbocycles. The highest BCUT2D eigenvalue weighted by Crippen LogP contribution is 2.36. The molecule has 0 heterocycles. The molecule has 82 valence electrons. The lowest BCUT2D eigenvalue weighted by Crippen LogP contribution is -2.09. The summed E-state index contributed by atoms with van der Waals surface area (Å²) >= 11 is 0. The normalized spacial score (nSPS) is 11.5. The summed E-state index contributed by atoms with van der Waals surface area (Å²) in [6.45, 7) is 1.68. The lowest BCUT2D eigenvalue weighted by molar-refractivity contribution is -0.388. The number of alkyl halides is 3. The SMILES string of the molecule is CCc1ccc([N+](=O)[O-])c(C(F)(F)F)c1. The predicted molar refractivity (Wildman–Crippen MR) is 47.5 cm³/mol. The van der Waals surface area contributed by atoms with Gasteiger partial charge >= 0.3 is 6.18 Å². The summed E-state index contributed by atoms with van der Waals surface area (Å²) < 4.78 is 37.3. The van der Waals surface area contributed by atoms with Gasteiger partial charge in [-0.2, -0.15) is 13.2 Å². The number of hydrogen-bond acceptors (Lipinski definition) is 2. The summed E-state index contributed by atoms with van der Waals surface area (Å²) in [5.74, 6) is 0. The molecule has 0 radical (unpaired) electrons. The quantitative estimate of drug-likeness (QED) is 0.566. The molecular formula is C9H8F3NO2. The van der Waals surface area contributed by atoms with Crippen LogP contribution in [0.2, 0.25) is 0 Å². The van der Waals surface area contributed by atoms with Crippen molar-refractivity contribution in [2.75, 3.05) is 0 Å². The molecule has 0 unspecified atom stereocenters. The van der Waals surface area contributed by atoms with Gasteiger partial charge in [-0.25, -0.2) is 0 Å². The molecule has 0 amide bonds. The predicted octanol–water partition coefficient (Wildman–Crippen LogP) is 3.18. The van der Waals surface area contributed by atoms with E-state index in [0.717, 1.165) is 12.1 Å². The summed E-state index contributed by atoms with van der Waals surface area (Å²) in [5.41, 5.74) is -1.67. The Bertz CT molecular complexity index is 387. The number of nitrogens with zero attached hydrogens (tertiary/aromatic N) is 1. The van der Waals surface area contributed by atoms with Crippen LogP contribution in [-0.2, 0) is 12.6 Å². The van der Waals surface area contributed by atoms with E-state index in [9.17, 15) is 23.3 Å². The van der Waals surface area contributed by atoms with E-state index in [-0.39, 0.29) is 0 Å². The zero-order valence-corrected chi connectivity index (χ0v) is 7.84. The molecule has 1 aromatic rings. The van der Waals surface area contributed by atoms with Crippen LogP contribution in [0.15, 0.2) is 18.2 Å². The molecule has 0 spiro atoms. The minimum absolute atomic E-state index is 0.404. The van der Waals surface area contributed by atoms with Crippen LogP contribution < -0.4 is 0 Å². The van der Waals surface area contributed by atoms with E-state index in [1.54, 1.807) is 6.92 Å². The molecule has 0 saturated heterocycles. The summed E-state index contributed by atoms with van der Waals surface area (Å²) in [5, 5.41) is 10.4. The summed E-state index contributed by atoms with van der Waals surface area (Å²) in [7, 11) is 0. The number of nitro groups is 1. The Morgan fingerprint density at radius 3 is 2.40 bits per heavy atom. The average Bonchev–Trinajstić information content (AvgIpc) is 2.15. The molecule has 0 N–H and O–H groups in total. The van der Waals surface area contributed by atoms with Gasteiger partial charge in [-0.3, -0.25) is 10.1 Å². The molecule has 0 fully saturated rings. The maximum Gasteiger partial charge on any atom is 0.423 e. The van der Waals surface area contributed by atoms with E-state index in [4.69, 9.17) is 0 Å². The Kier molecular flexibility index (Phi) is 2.97. The molecule has 0 bridgehead atoms. The Hall–Kier alpha value is -1.59. The van der Waals surface area contributed by atoms with Crippen LogP contribution >= 0.6 is 0 Å². The average molecular weight is 219 g/mol. The van der Waals surface area contributed by atoms with Crippen LogP contribution in [-0.4, -0.2) is 4.92 Å². The molecule has 1 aromatic carbocycles. The minimum Gasteiger partial charge on any atom is -0.258 e. The van der Waals surface area contributed by atoms with E-state index < -0.39 is 22.4 Å². The highest BCUT2D eigenvalue weighted by atomic mass is 19.4. The molecule has 0 aromatic heterocycles. The number of benzene rings is 1. The number of halogens is 3. The molecule has 15 heavy (non-hydrogen) atoms. The van der Waals surface area contributed by atoms with Gasteiger partial charge in [0.15, 0.2) is 0 Å². The van der Waals surface area contributed by atoms with Gasteiger partial charge in [0.2, 0.25) is 0 Å². The first-order valence-corrected chi connectivity index (χ1v) is 4.20. The summed E-state index contributed by atoms with van der Waals surface area (Å²) in [6.07, 6.45) is -4.28. The van der Waals surface area contributed by atoms with Crippen molar-refractivity contribution in [1.82, 2.24) is 0 Å². The maximum atomic E-state index is 12.4. The first kappa shape index (κ1) is 11.5. The Labute approximate surface area is 83.7 Å². The Morgan fingerprint density at radius 1 is 1.40 bits per heavy atom. The van der Waals surface area contributed by atoms with Crippen LogP contribution in [0.1, 0.15) is 18.1 Å². The van der Waals surface area contributed by atoms with Crippen molar-refractivity contribution in [3.05, 3.63) is 39.4 Å². The third-order valence-electron chi connectivity index (χ3n) is 1.97. The van der Waals surface area contributed by atoms with Crippen molar-refractivity contribution in [2.45, 2.75) is 19.5 Å². The smallest absolute Gasteiger partial charge is 0.258 e. The van der Waals surface area contributed by atoms with Crippen molar-refractivity contribution in [2.24, 2.45) is 0 Å². The summed E-state index contributed by atoms with van der Waals surface area (Å²) in [4.78, 5) is 9.35. The van der Waals surface area contributed by atoms with E-state index in [1.807, 2.05) is 0 Å². The fourth-order valence-electron chi connectivity index (χ4n) is 1.19. The molecule has 6 heteroatoms. The molecule has 0 atom stereocenters. The van der Waals surface area contributed by atoms with Crippen molar-refractivity contribution in [1.29, 1.82) is 0 Å². The van der Waals surface area contributed by atoms with Gasteiger partial charge < -0.3 is 0 Å². The van der Waals surface area contributed by atoms with E-state index in [1.165, 1.54) is 6.07 Å². The largest absolute Gasteiger partial charge is 0.423 e. The standard InChI is InChI=1S/C9H8F3NO2/c1-2-6-3-4-8(13(14)15)7(5-6)9(10,11)12/h3-5H,2H2,1H3. The van der Waals surface area contributed by atoms with Crippen LogP contribution in [0.25, 0.3) is 0 Å². The first-order valence-electron chi connectivity index (χ1n) is 4.20. The van der Waals surface area contributed by atoms with Gasteiger partial charge in [-0.1, -0.05) is 13.0 Å². The second-order valence-electron chi connectivity index (χ2n) is 2.96. The minimum atomic E-state index is -4.69. The van der Waals surface area contributed by atoms with Crippen LogP contribution in [0.5, 0.6) is 0 Å². The van der Waals surface area contributed by atoms with Gasteiger partial charge in [0.25, 0.3) is 5.69 Å². The van der Waals surface area contributed by atoms with Gasteiger partial charge in [-0.05, 0) is 18.1 Å². The summed E-state index contributed by atoms with van der Waals surface area (Å²) in [6, 6.07) is 3.03. The van der Waals surface area contributed by atoms with Crippen LogP contribution in [0.3, 0.4) is 0 Å². The van der Waals surface area contributed by atoms with Gasteiger partial charge in [0.1, 0.15) is 5.56 Å². The van der Waals surface area contributed by atoms with E-state index in [0.29, 0.717) is 12.0 Å². The number of nitro benzene ring substituents is 1. The van der Waals surface area contributed by atoms with Crippen molar-refractivity contribution in [3.63, 3.8) is 0 Å². The van der Waals surface area contributed by atoms with Crippen molar-refractivity contribution in [3.8, 4) is 0 Å². The molecular weight excluding hydrogens is 211 g/mol. The highest BCUT2D eigenvalue weighted by molar-refractivity contribution is 5.44. The highest BCUT2D eigenvalue weighted by Gasteiger charge is 2.38. The molecule has 1 rings (SSSR count). The van der Waals surface area contributed by atoms with Gasteiger partial charge in [0, 0.05) is 6.07 Å². The zero-order chi connectivity index (χ0) is 11.6. The van der Waals surface area contributed by atoms with Crippen molar-refractivity contribution >= 4 is 5.69 Å². The molecule has 3 nitrogen and oxygen atoms in total. The molecule has 0 aliphatic rings. The van der Waals surface area contributed by atoms with E-state index >= 15 is 0 Å². The lowest BCUT2D eigenvalue weighted by Gasteiger charge is -2.08. The fourth-order valence-corrected chi connectivity index (χ4v) is 1.19. The Balaban J connectivity index is 3.36.